The average molecular weight is 499 g/mol. The standard InChI is InChI=1S/C18H34N4S2.HI/c1-5-19-18(20-11-8-9-12-23-4)21-14-17(22(6-2)7-3)16-10-13-24-15-16;/h10,13,15,17H,5-9,11-12,14H2,1-4H3,(H2,19,20,21);1H. The maximum Gasteiger partial charge on any atom is 0.191 e. The normalized spacial score (nSPS) is 12.8. The van der Waals surface area contributed by atoms with Gasteiger partial charge in [0.15, 0.2) is 5.96 Å². The molecule has 0 aliphatic carbocycles. The predicted octanol–water partition coefficient (Wildman–Crippen LogP) is 4.45. The first kappa shape index (κ1) is 25.0. The van der Waals surface area contributed by atoms with Crippen LogP contribution < -0.4 is 10.6 Å². The van der Waals surface area contributed by atoms with E-state index in [9.17, 15) is 0 Å². The number of guanidine groups is 1. The highest BCUT2D eigenvalue weighted by Crippen LogP contribution is 2.23. The van der Waals surface area contributed by atoms with E-state index in [2.05, 4.69) is 59.4 Å². The number of halogens is 1. The molecule has 0 saturated heterocycles. The summed E-state index contributed by atoms with van der Waals surface area (Å²) < 4.78 is 0. The van der Waals surface area contributed by atoms with Crippen molar-refractivity contribution < 1.29 is 0 Å². The molecule has 0 amide bonds. The molecule has 7 heteroatoms. The number of thioether (sulfide) groups is 1. The molecular formula is C18H35IN4S2. The van der Waals surface area contributed by atoms with Gasteiger partial charge in [0.25, 0.3) is 0 Å². The third-order valence-electron chi connectivity index (χ3n) is 4.02. The number of hydrogen-bond donors (Lipinski definition) is 2. The van der Waals surface area contributed by atoms with Crippen molar-refractivity contribution in [2.24, 2.45) is 4.99 Å². The molecule has 1 rings (SSSR count). The van der Waals surface area contributed by atoms with Crippen LogP contribution in [0.4, 0.5) is 0 Å². The summed E-state index contributed by atoms with van der Waals surface area (Å²) in [6, 6.07) is 2.59. The summed E-state index contributed by atoms with van der Waals surface area (Å²) in [4.78, 5) is 7.34. The summed E-state index contributed by atoms with van der Waals surface area (Å²) >= 11 is 3.68. The molecule has 25 heavy (non-hydrogen) atoms. The van der Waals surface area contributed by atoms with Crippen molar-refractivity contribution in [2.75, 3.05) is 44.7 Å². The maximum absolute atomic E-state index is 4.86. The van der Waals surface area contributed by atoms with Gasteiger partial charge in [-0.25, -0.2) is 0 Å². The first-order valence-electron chi connectivity index (χ1n) is 9.03. The minimum atomic E-state index is 0. The lowest BCUT2D eigenvalue weighted by molar-refractivity contribution is 0.224. The second-order valence-corrected chi connectivity index (χ2v) is 7.41. The zero-order valence-corrected chi connectivity index (χ0v) is 20.0. The number of nitrogens with zero attached hydrogens (tertiary/aromatic N) is 2. The Balaban J connectivity index is 0.00000576. The molecule has 0 radical (unpaired) electrons. The van der Waals surface area contributed by atoms with Gasteiger partial charge in [-0.15, -0.1) is 24.0 Å². The van der Waals surface area contributed by atoms with Crippen LogP contribution in [0.1, 0.15) is 45.2 Å². The second-order valence-electron chi connectivity index (χ2n) is 5.64. The lowest BCUT2D eigenvalue weighted by Crippen LogP contribution is -2.39. The van der Waals surface area contributed by atoms with E-state index >= 15 is 0 Å². The van der Waals surface area contributed by atoms with Gasteiger partial charge < -0.3 is 10.6 Å². The van der Waals surface area contributed by atoms with E-state index in [1.54, 1.807) is 11.3 Å². The number of hydrogen-bond acceptors (Lipinski definition) is 4. The predicted molar refractivity (Wildman–Crippen MR) is 127 cm³/mol. The Morgan fingerprint density at radius 1 is 1.24 bits per heavy atom. The highest BCUT2D eigenvalue weighted by molar-refractivity contribution is 14.0. The molecule has 1 aromatic heterocycles. The summed E-state index contributed by atoms with van der Waals surface area (Å²) in [6.45, 7) is 11.3. The minimum Gasteiger partial charge on any atom is -0.357 e. The SMILES string of the molecule is CCNC(=NCC(c1ccsc1)N(CC)CC)NCCCCSC.I. The number of aliphatic imine (C=N–C) groups is 1. The van der Waals surface area contributed by atoms with Crippen LogP contribution in [0.2, 0.25) is 0 Å². The molecule has 1 unspecified atom stereocenters. The average Bonchev–Trinajstić information content (AvgIpc) is 3.12. The van der Waals surface area contributed by atoms with Crippen LogP contribution >= 0.6 is 47.1 Å². The molecule has 0 aromatic carbocycles. The molecule has 0 fully saturated rings. The van der Waals surface area contributed by atoms with E-state index in [1.165, 1.54) is 24.2 Å². The largest absolute Gasteiger partial charge is 0.357 e. The number of rotatable bonds is 12. The molecule has 1 atom stereocenters. The molecule has 1 heterocycles. The summed E-state index contributed by atoms with van der Waals surface area (Å²) in [7, 11) is 0. The van der Waals surface area contributed by atoms with Crippen molar-refractivity contribution in [2.45, 2.75) is 39.7 Å². The summed E-state index contributed by atoms with van der Waals surface area (Å²) in [5.74, 6) is 2.17. The number of thiophene rings is 1. The van der Waals surface area contributed by atoms with Gasteiger partial charge in [0.1, 0.15) is 0 Å². The van der Waals surface area contributed by atoms with E-state index in [-0.39, 0.29) is 24.0 Å². The molecule has 0 aliphatic heterocycles. The molecule has 0 bridgehead atoms. The van der Waals surface area contributed by atoms with Crippen LogP contribution in [0.3, 0.4) is 0 Å². The number of nitrogens with one attached hydrogen (secondary N) is 2. The maximum atomic E-state index is 4.86. The Hall–Kier alpha value is 0.01000. The lowest BCUT2D eigenvalue weighted by Gasteiger charge is -2.28. The van der Waals surface area contributed by atoms with Gasteiger partial charge in [0, 0.05) is 13.1 Å². The lowest BCUT2D eigenvalue weighted by atomic mass is 10.1. The second kappa shape index (κ2) is 16.2. The van der Waals surface area contributed by atoms with Crippen molar-refractivity contribution in [3.05, 3.63) is 22.4 Å². The van der Waals surface area contributed by atoms with Crippen molar-refractivity contribution >= 4 is 53.0 Å². The highest BCUT2D eigenvalue weighted by atomic mass is 127. The van der Waals surface area contributed by atoms with E-state index < -0.39 is 0 Å². The first-order chi connectivity index (χ1) is 11.8. The summed E-state index contributed by atoms with van der Waals surface area (Å²) in [5, 5.41) is 11.2. The summed E-state index contributed by atoms with van der Waals surface area (Å²) in [5.41, 5.74) is 1.38. The van der Waals surface area contributed by atoms with Crippen molar-refractivity contribution in [3.8, 4) is 0 Å². The van der Waals surface area contributed by atoms with Gasteiger partial charge in [0.05, 0.1) is 12.6 Å². The third kappa shape index (κ3) is 10.1. The Morgan fingerprint density at radius 3 is 2.56 bits per heavy atom. The molecular weight excluding hydrogens is 463 g/mol. The molecule has 1 aromatic rings. The van der Waals surface area contributed by atoms with Crippen molar-refractivity contribution in [1.82, 2.24) is 15.5 Å². The topological polar surface area (TPSA) is 39.7 Å². The van der Waals surface area contributed by atoms with Crippen LogP contribution in [0.15, 0.2) is 21.8 Å². The van der Waals surface area contributed by atoms with Gasteiger partial charge in [-0.1, -0.05) is 13.8 Å². The fraction of sp³-hybridized carbons (Fsp3) is 0.722. The first-order valence-corrected chi connectivity index (χ1v) is 11.4. The minimum absolute atomic E-state index is 0. The van der Waals surface area contributed by atoms with E-state index in [4.69, 9.17) is 4.99 Å². The monoisotopic (exact) mass is 498 g/mol. The number of unbranched alkanes of at least 4 members (excludes halogenated alkanes) is 1. The Morgan fingerprint density at radius 2 is 2.00 bits per heavy atom. The third-order valence-corrected chi connectivity index (χ3v) is 5.41. The van der Waals surface area contributed by atoms with Gasteiger partial charge in [-0.3, -0.25) is 9.89 Å². The Bertz CT molecular complexity index is 436. The molecule has 0 aliphatic rings. The van der Waals surface area contributed by atoms with Gasteiger partial charge in [0.2, 0.25) is 0 Å². The van der Waals surface area contributed by atoms with Crippen molar-refractivity contribution in [1.29, 1.82) is 0 Å². The van der Waals surface area contributed by atoms with Crippen LogP contribution in [0.5, 0.6) is 0 Å². The van der Waals surface area contributed by atoms with Crippen LogP contribution in [-0.2, 0) is 0 Å². The quantitative estimate of drug-likeness (QED) is 0.193. The molecule has 4 nitrogen and oxygen atoms in total. The Kier molecular flexibility index (Phi) is 16.2. The van der Waals surface area contributed by atoms with E-state index in [0.717, 1.165) is 38.7 Å². The van der Waals surface area contributed by atoms with Crippen LogP contribution in [0.25, 0.3) is 0 Å². The van der Waals surface area contributed by atoms with Gasteiger partial charge in [-0.2, -0.15) is 23.1 Å². The Labute approximate surface area is 179 Å². The zero-order chi connectivity index (χ0) is 17.6. The smallest absolute Gasteiger partial charge is 0.191 e. The van der Waals surface area contributed by atoms with E-state index in [0.29, 0.717) is 6.04 Å². The number of likely N-dealkylation sites (N-methyl/N-ethyl adjacent to an activating group) is 1. The fourth-order valence-corrected chi connectivity index (χ4v) is 3.86. The molecule has 0 saturated carbocycles. The van der Waals surface area contributed by atoms with Crippen LogP contribution in [0, 0.1) is 0 Å². The molecule has 146 valence electrons. The van der Waals surface area contributed by atoms with Crippen LogP contribution in [-0.4, -0.2) is 55.6 Å². The van der Waals surface area contributed by atoms with Gasteiger partial charge in [-0.05, 0) is 67.3 Å². The van der Waals surface area contributed by atoms with Gasteiger partial charge >= 0.3 is 0 Å². The zero-order valence-electron chi connectivity index (χ0n) is 16.1. The van der Waals surface area contributed by atoms with Crippen molar-refractivity contribution in [3.63, 3.8) is 0 Å². The molecule has 0 spiro atoms. The fourth-order valence-electron chi connectivity index (χ4n) is 2.66. The summed E-state index contributed by atoms with van der Waals surface area (Å²) in [6.07, 6.45) is 4.61. The highest BCUT2D eigenvalue weighted by Gasteiger charge is 2.18. The molecule has 2 N–H and O–H groups in total. The van der Waals surface area contributed by atoms with E-state index in [1.807, 2.05) is 11.8 Å².